The van der Waals surface area contributed by atoms with Gasteiger partial charge < -0.3 is 9.15 Å². The summed E-state index contributed by atoms with van der Waals surface area (Å²) in [6.07, 6.45) is 0. The lowest BCUT2D eigenvalue weighted by Crippen LogP contribution is -2.43. The minimum absolute atomic E-state index is 0.162. The Morgan fingerprint density at radius 3 is 2.63 bits per heavy atom. The smallest absolute Gasteiger partial charge is 0.420 e. The van der Waals surface area contributed by atoms with E-state index in [1.807, 2.05) is 54.6 Å². The first kappa shape index (κ1) is 18.5. The van der Waals surface area contributed by atoms with E-state index in [1.54, 1.807) is 23.1 Å². The number of anilines is 1. The van der Waals surface area contributed by atoms with Gasteiger partial charge in [0.2, 0.25) is 5.91 Å². The minimum atomic E-state index is -0.599. The second-order valence-corrected chi connectivity index (χ2v) is 7.47. The molecule has 6 nitrogen and oxygen atoms in total. The first-order chi connectivity index (χ1) is 14.6. The van der Waals surface area contributed by atoms with Crippen molar-refractivity contribution in [1.29, 1.82) is 0 Å². The Morgan fingerprint density at radius 1 is 1.03 bits per heavy atom. The Kier molecular flexibility index (Phi) is 4.56. The Balaban J connectivity index is 1.57. The normalized spacial score (nSPS) is 15.6. The van der Waals surface area contributed by atoms with E-state index in [-0.39, 0.29) is 18.5 Å². The van der Waals surface area contributed by atoms with Crippen LogP contribution in [0.5, 0.6) is 5.75 Å². The number of hydrogen-bond acceptors (Lipinski definition) is 4. The number of carbonyl (C=O) groups excluding carboxylic acids is 1. The summed E-state index contributed by atoms with van der Waals surface area (Å²) >= 11 is 5.99. The van der Waals surface area contributed by atoms with Gasteiger partial charge in [-0.15, -0.1) is 0 Å². The first-order valence-electron chi connectivity index (χ1n) is 9.49. The van der Waals surface area contributed by atoms with Crippen molar-refractivity contribution in [1.82, 2.24) is 4.57 Å². The topological polar surface area (TPSA) is 64.7 Å². The first-order valence-corrected chi connectivity index (χ1v) is 9.87. The number of carbonyl (C=O) groups is 1. The molecular formula is C23H17ClN2O4. The Labute approximate surface area is 176 Å². The second-order valence-electron chi connectivity index (χ2n) is 7.04. The standard InChI is InChI=1S/C23H17ClN2O4/c24-16-10-11-17-21(12-16)30-23(28)25(17)13-22(27)26-18-8-4-5-9-20(18)29-14-19(26)15-6-2-1-3-7-15/h1-12,19H,13-14H2/t19-/m0/s1. The molecule has 150 valence electrons. The molecule has 4 aromatic rings. The van der Waals surface area contributed by atoms with Crippen LogP contribution in [0.4, 0.5) is 5.69 Å². The van der Waals surface area contributed by atoms with Crippen LogP contribution < -0.4 is 15.4 Å². The molecule has 1 aromatic heterocycles. The van der Waals surface area contributed by atoms with Gasteiger partial charge >= 0.3 is 5.76 Å². The summed E-state index contributed by atoms with van der Waals surface area (Å²) in [5, 5.41) is 0.459. The molecule has 1 aliphatic heterocycles. The van der Waals surface area contributed by atoms with Crippen molar-refractivity contribution in [3.63, 3.8) is 0 Å². The molecule has 2 heterocycles. The fourth-order valence-electron chi connectivity index (χ4n) is 3.82. The van der Waals surface area contributed by atoms with Gasteiger partial charge in [0, 0.05) is 11.1 Å². The molecule has 7 heteroatoms. The molecule has 0 fully saturated rings. The van der Waals surface area contributed by atoms with Gasteiger partial charge in [-0.1, -0.05) is 54.1 Å². The summed E-state index contributed by atoms with van der Waals surface area (Å²) in [5.74, 6) is -0.202. The number of nitrogens with zero attached hydrogens (tertiary/aromatic N) is 2. The fourth-order valence-corrected chi connectivity index (χ4v) is 3.98. The molecule has 30 heavy (non-hydrogen) atoms. The maximum Gasteiger partial charge on any atom is 0.420 e. The largest absolute Gasteiger partial charge is 0.489 e. The van der Waals surface area contributed by atoms with Crippen molar-refractivity contribution >= 4 is 34.3 Å². The summed E-state index contributed by atoms with van der Waals surface area (Å²) < 4.78 is 12.5. The van der Waals surface area contributed by atoms with E-state index in [0.29, 0.717) is 34.2 Å². The van der Waals surface area contributed by atoms with Gasteiger partial charge in [-0.3, -0.25) is 14.3 Å². The van der Waals surface area contributed by atoms with Crippen LogP contribution in [-0.2, 0) is 11.3 Å². The highest BCUT2D eigenvalue weighted by atomic mass is 35.5. The average molecular weight is 421 g/mol. The zero-order valence-electron chi connectivity index (χ0n) is 15.8. The van der Waals surface area contributed by atoms with Crippen molar-refractivity contribution in [2.75, 3.05) is 11.5 Å². The quantitative estimate of drug-likeness (QED) is 0.492. The van der Waals surface area contributed by atoms with Gasteiger partial charge in [0.05, 0.1) is 17.2 Å². The minimum Gasteiger partial charge on any atom is -0.489 e. The summed E-state index contributed by atoms with van der Waals surface area (Å²) in [6, 6.07) is 21.7. The van der Waals surface area contributed by atoms with Crippen LogP contribution in [-0.4, -0.2) is 17.1 Å². The lowest BCUT2D eigenvalue weighted by atomic mass is 10.0. The summed E-state index contributed by atoms with van der Waals surface area (Å²) in [5.41, 5.74) is 2.50. The second kappa shape index (κ2) is 7.39. The number of halogens is 1. The van der Waals surface area contributed by atoms with E-state index < -0.39 is 5.76 Å². The van der Waals surface area contributed by atoms with Gasteiger partial charge in [0.1, 0.15) is 18.9 Å². The van der Waals surface area contributed by atoms with E-state index in [4.69, 9.17) is 20.8 Å². The van der Waals surface area contributed by atoms with Crippen molar-refractivity contribution in [2.24, 2.45) is 0 Å². The summed E-state index contributed by atoms with van der Waals surface area (Å²) in [7, 11) is 0. The number of oxazole rings is 1. The molecule has 3 aromatic carbocycles. The summed E-state index contributed by atoms with van der Waals surface area (Å²) in [4.78, 5) is 27.6. The molecule has 0 saturated carbocycles. The van der Waals surface area contributed by atoms with Crippen LogP contribution in [0.3, 0.4) is 0 Å². The number of amides is 1. The highest BCUT2D eigenvalue weighted by Crippen LogP contribution is 2.39. The van der Waals surface area contributed by atoms with Crippen LogP contribution in [0.25, 0.3) is 11.1 Å². The van der Waals surface area contributed by atoms with Crippen LogP contribution >= 0.6 is 11.6 Å². The van der Waals surface area contributed by atoms with E-state index in [1.165, 1.54) is 4.57 Å². The van der Waals surface area contributed by atoms with Gasteiger partial charge in [-0.25, -0.2) is 4.79 Å². The zero-order chi connectivity index (χ0) is 20.7. The van der Waals surface area contributed by atoms with Gasteiger partial charge in [0.25, 0.3) is 0 Å². The molecule has 1 atom stereocenters. The monoisotopic (exact) mass is 420 g/mol. The van der Waals surface area contributed by atoms with E-state index >= 15 is 0 Å². The summed E-state index contributed by atoms with van der Waals surface area (Å²) in [6.45, 7) is 0.161. The molecule has 5 rings (SSSR count). The Morgan fingerprint density at radius 2 is 1.80 bits per heavy atom. The SMILES string of the molecule is O=C(Cn1c(=O)oc2cc(Cl)ccc21)N1c2ccccc2OC[C@H]1c1ccccc1. The highest BCUT2D eigenvalue weighted by molar-refractivity contribution is 6.31. The predicted octanol–water partition coefficient (Wildman–Crippen LogP) is 4.41. The maximum absolute atomic E-state index is 13.5. The van der Waals surface area contributed by atoms with Crippen LogP contribution in [0, 0.1) is 0 Å². The Hall–Kier alpha value is -3.51. The van der Waals surface area contributed by atoms with Crippen LogP contribution in [0.15, 0.2) is 82.0 Å². The number of benzene rings is 3. The number of hydrogen-bond donors (Lipinski definition) is 0. The molecular weight excluding hydrogens is 404 g/mol. The average Bonchev–Trinajstić information content (AvgIpc) is 3.07. The molecule has 0 bridgehead atoms. The number of para-hydroxylation sites is 2. The maximum atomic E-state index is 13.5. The number of aromatic nitrogens is 1. The van der Waals surface area contributed by atoms with Crippen molar-refractivity contribution in [2.45, 2.75) is 12.6 Å². The van der Waals surface area contributed by atoms with E-state index in [2.05, 4.69) is 0 Å². The van der Waals surface area contributed by atoms with Crippen molar-refractivity contribution in [3.05, 3.63) is 93.9 Å². The third kappa shape index (κ3) is 3.15. The molecule has 0 unspecified atom stereocenters. The Bertz CT molecular complexity index is 1300. The predicted molar refractivity (Wildman–Crippen MR) is 114 cm³/mol. The number of ether oxygens (including phenoxy) is 1. The third-order valence-electron chi connectivity index (χ3n) is 5.21. The molecule has 1 aliphatic rings. The number of fused-ring (bicyclic) bond motifs is 2. The molecule has 0 N–H and O–H groups in total. The number of rotatable bonds is 3. The van der Waals surface area contributed by atoms with Crippen molar-refractivity contribution < 1.29 is 13.9 Å². The lowest BCUT2D eigenvalue weighted by Gasteiger charge is -2.37. The third-order valence-corrected chi connectivity index (χ3v) is 5.44. The lowest BCUT2D eigenvalue weighted by molar-refractivity contribution is -0.120. The molecule has 1 amide bonds. The van der Waals surface area contributed by atoms with E-state index in [0.717, 1.165) is 5.56 Å². The van der Waals surface area contributed by atoms with Crippen LogP contribution in [0.2, 0.25) is 5.02 Å². The van der Waals surface area contributed by atoms with Gasteiger partial charge in [0.15, 0.2) is 5.58 Å². The molecule has 0 aliphatic carbocycles. The molecule has 0 radical (unpaired) electrons. The van der Waals surface area contributed by atoms with Crippen LogP contribution in [0.1, 0.15) is 11.6 Å². The highest BCUT2D eigenvalue weighted by Gasteiger charge is 2.33. The zero-order valence-corrected chi connectivity index (χ0v) is 16.6. The van der Waals surface area contributed by atoms with Gasteiger partial charge in [-0.05, 0) is 29.8 Å². The fraction of sp³-hybridized carbons (Fsp3) is 0.130. The van der Waals surface area contributed by atoms with Crippen molar-refractivity contribution in [3.8, 4) is 5.75 Å². The molecule has 0 spiro atoms. The van der Waals surface area contributed by atoms with Gasteiger partial charge in [-0.2, -0.15) is 0 Å². The molecule has 0 saturated heterocycles. The van der Waals surface area contributed by atoms with E-state index in [9.17, 15) is 9.59 Å².